The number of amides is 1. The largest absolute Gasteiger partial charge is 0.336 e. The van der Waals surface area contributed by atoms with E-state index in [1.165, 1.54) is 0 Å². The highest BCUT2D eigenvalue weighted by Gasteiger charge is 2.26. The van der Waals surface area contributed by atoms with Gasteiger partial charge in [-0.2, -0.15) is 0 Å². The Morgan fingerprint density at radius 2 is 1.84 bits per heavy atom. The Labute approximate surface area is 184 Å². The highest BCUT2D eigenvalue weighted by Crippen LogP contribution is 2.26. The van der Waals surface area contributed by atoms with Gasteiger partial charge in [0.25, 0.3) is 5.56 Å². The minimum absolute atomic E-state index is 0.0983. The molecule has 0 spiro atoms. The summed E-state index contributed by atoms with van der Waals surface area (Å²) in [6.07, 6.45) is 5.44. The van der Waals surface area contributed by atoms with Gasteiger partial charge in [-0.15, -0.1) is 0 Å². The van der Waals surface area contributed by atoms with Crippen molar-refractivity contribution in [2.75, 3.05) is 7.05 Å². The van der Waals surface area contributed by atoms with E-state index in [-0.39, 0.29) is 17.5 Å². The zero-order chi connectivity index (χ0) is 22.4. The van der Waals surface area contributed by atoms with Crippen LogP contribution in [0.25, 0.3) is 16.6 Å². The van der Waals surface area contributed by atoms with Crippen LogP contribution in [0.15, 0.2) is 53.3 Å². The molecule has 1 atom stereocenters. The number of aromatic nitrogens is 2. The highest BCUT2D eigenvalue weighted by atomic mass is 16.2. The number of carbonyl (C=O) groups excluding carboxylic acids is 1. The van der Waals surface area contributed by atoms with Gasteiger partial charge in [-0.1, -0.05) is 57.4 Å². The summed E-state index contributed by atoms with van der Waals surface area (Å²) in [5.41, 5.74) is 2.40. The van der Waals surface area contributed by atoms with Crippen molar-refractivity contribution in [1.82, 2.24) is 14.5 Å². The summed E-state index contributed by atoms with van der Waals surface area (Å²) in [4.78, 5) is 33.1. The van der Waals surface area contributed by atoms with Gasteiger partial charge in [0.05, 0.1) is 22.6 Å². The third-order valence-corrected chi connectivity index (χ3v) is 5.85. The third kappa shape index (κ3) is 5.04. The summed E-state index contributed by atoms with van der Waals surface area (Å²) < 4.78 is 1.68. The lowest BCUT2D eigenvalue weighted by Crippen LogP contribution is -2.36. The van der Waals surface area contributed by atoms with E-state index < -0.39 is 0 Å². The molecule has 0 radical (unpaired) electrons. The van der Waals surface area contributed by atoms with E-state index in [9.17, 15) is 9.59 Å². The molecule has 0 aliphatic rings. The Balaban J connectivity index is 2.09. The molecule has 164 valence electrons. The highest BCUT2D eigenvalue weighted by molar-refractivity contribution is 5.79. The SMILES string of the molecule is CCCCCCC(=O)N(C)C(CC)c1nc2ccccc2c(=O)n1-c1cccc(C)c1. The molecule has 3 rings (SSSR count). The normalized spacial score (nSPS) is 12.1. The number of hydrogen-bond donors (Lipinski definition) is 0. The molecular weight excluding hydrogens is 386 g/mol. The first kappa shape index (κ1) is 22.7. The average Bonchev–Trinajstić information content (AvgIpc) is 2.77. The standard InChI is InChI=1S/C26H33N3O2/c1-5-7-8-9-17-24(30)28(4)23(6-2)25-27-22-16-11-10-15-21(22)26(31)29(25)20-14-12-13-19(3)18-20/h10-16,18,23H,5-9,17H2,1-4H3. The Morgan fingerprint density at radius 3 is 2.55 bits per heavy atom. The molecule has 0 saturated carbocycles. The maximum atomic E-state index is 13.5. The lowest BCUT2D eigenvalue weighted by atomic mass is 10.1. The fourth-order valence-electron chi connectivity index (χ4n) is 4.07. The van der Waals surface area contributed by atoms with Crippen LogP contribution in [0.5, 0.6) is 0 Å². The summed E-state index contributed by atoms with van der Waals surface area (Å²) in [5.74, 6) is 0.711. The lowest BCUT2D eigenvalue weighted by Gasteiger charge is -2.29. The van der Waals surface area contributed by atoms with Crippen molar-refractivity contribution < 1.29 is 4.79 Å². The molecule has 0 aliphatic carbocycles. The number of carbonyl (C=O) groups is 1. The second-order valence-electron chi connectivity index (χ2n) is 8.21. The number of fused-ring (bicyclic) bond motifs is 1. The van der Waals surface area contributed by atoms with Crippen LogP contribution < -0.4 is 5.56 Å². The van der Waals surface area contributed by atoms with Gasteiger partial charge in [0.2, 0.25) is 5.91 Å². The zero-order valence-corrected chi connectivity index (χ0v) is 19.1. The fourth-order valence-corrected chi connectivity index (χ4v) is 4.07. The van der Waals surface area contributed by atoms with Crippen LogP contribution in [0.3, 0.4) is 0 Å². The molecule has 1 heterocycles. The van der Waals surface area contributed by atoms with E-state index >= 15 is 0 Å². The Morgan fingerprint density at radius 1 is 1.06 bits per heavy atom. The Hall–Kier alpha value is -2.95. The molecule has 1 unspecified atom stereocenters. The van der Waals surface area contributed by atoms with Crippen molar-refractivity contribution in [1.29, 1.82) is 0 Å². The number of rotatable bonds is 9. The molecule has 5 heteroatoms. The number of benzene rings is 2. The maximum Gasteiger partial charge on any atom is 0.266 e. The molecule has 3 aromatic rings. The van der Waals surface area contributed by atoms with Crippen molar-refractivity contribution in [2.45, 2.75) is 65.3 Å². The monoisotopic (exact) mass is 419 g/mol. The van der Waals surface area contributed by atoms with E-state index in [0.717, 1.165) is 36.9 Å². The quantitative estimate of drug-likeness (QED) is 0.426. The van der Waals surface area contributed by atoms with Crippen molar-refractivity contribution >= 4 is 16.8 Å². The summed E-state index contributed by atoms with van der Waals surface area (Å²) in [5, 5.41) is 0.580. The lowest BCUT2D eigenvalue weighted by molar-refractivity contribution is -0.132. The molecule has 31 heavy (non-hydrogen) atoms. The van der Waals surface area contributed by atoms with Crippen LogP contribution in [-0.2, 0) is 4.79 Å². The minimum Gasteiger partial charge on any atom is -0.336 e. The van der Waals surface area contributed by atoms with E-state index in [1.807, 2.05) is 69.4 Å². The molecule has 0 fully saturated rings. The second-order valence-corrected chi connectivity index (χ2v) is 8.21. The van der Waals surface area contributed by atoms with Crippen molar-refractivity contribution in [3.05, 3.63) is 70.3 Å². The molecular formula is C26H33N3O2. The first-order valence-electron chi connectivity index (χ1n) is 11.3. The predicted molar refractivity (Wildman–Crippen MR) is 127 cm³/mol. The second kappa shape index (κ2) is 10.4. The molecule has 1 aromatic heterocycles. The van der Waals surface area contributed by atoms with E-state index in [2.05, 4.69) is 6.92 Å². The summed E-state index contributed by atoms with van der Waals surface area (Å²) >= 11 is 0. The van der Waals surface area contributed by atoms with E-state index in [4.69, 9.17) is 4.98 Å². The topological polar surface area (TPSA) is 55.2 Å². The number of hydrogen-bond acceptors (Lipinski definition) is 3. The number of nitrogens with zero attached hydrogens (tertiary/aromatic N) is 3. The van der Waals surface area contributed by atoms with Gasteiger partial charge in [-0.3, -0.25) is 14.2 Å². The Bertz CT molecular complexity index is 1100. The molecule has 0 bridgehead atoms. The van der Waals surface area contributed by atoms with Crippen LogP contribution >= 0.6 is 0 Å². The Kier molecular flexibility index (Phi) is 7.61. The van der Waals surface area contributed by atoms with Gasteiger partial charge >= 0.3 is 0 Å². The number of unbranched alkanes of at least 4 members (excludes halogenated alkanes) is 3. The number of para-hydroxylation sites is 1. The van der Waals surface area contributed by atoms with Crippen molar-refractivity contribution in [2.24, 2.45) is 0 Å². The van der Waals surface area contributed by atoms with Gasteiger partial charge in [0.1, 0.15) is 5.82 Å². The fraction of sp³-hybridized carbons (Fsp3) is 0.423. The van der Waals surface area contributed by atoms with Gasteiger partial charge in [0.15, 0.2) is 0 Å². The van der Waals surface area contributed by atoms with Crippen molar-refractivity contribution in [3.8, 4) is 5.69 Å². The first-order valence-corrected chi connectivity index (χ1v) is 11.3. The maximum absolute atomic E-state index is 13.5. The molecule has 5 nitrogen and oxygen atoms in total. The van der Waals surface area contributed by atoms with Gasteiger partial charge in [0, 0.05) is 13.5 Å². The molecule has 0 aliphatic heterocycles. The van der Waals surface area contributed by atoms with Gasteiger partial charge < -0.3 is 4.90 Å². The minimum atomic E-state index is -0.281. The van der Waals surface area contributed by atoms with Crippen LogP contribution in [0.1, 0.15) is 69.8 Å². The van der Waals surface area contributed by atoms with Gasteiger partial charge in [-0.25, -0.2) is 4.98 Å². The molecule has 2 aromatic carbocycles. The van der Waals surface area contributed by atoms with E-state index in [1.54, 1.807) is 9.47 Å². The first-order chi connectivity index (χ1) is 15.0. The van der Waals surface area contributed by atoms with Crippen LogP contribution in [0, 0.1) is 6.92 Å². The smallest absolute Gasteiger partial charge is 0.266 e. The molecule has 0 N–H and O–H groups in total. The van der Waals surface area contributed by atoms with Crippen LogP contribution in [0.2, 0.25) is 0 Å². The predicted octanol–water partition coefficient (Wildman–Crippen LogP) is 5.57. The van der Waals surface area contributed by atoms with Crippen LogP contribution in [-0.4, -0.2) is 27.4 Å². The van der Waals surface area contributed by atoms with Gasteiger partial charge in [-0.05, 0) is 49.6 Å². The van der Waals surface area contributed by atoms with Crippen LogP contribution in [0.4, 0.5) is 0 Å². The summed E-state index contributed by atoms with van der Waals surface area (Å²) in [6.45, 7) is 6.20. The summed E-state index contributed by atoms with van der Waals surface area (Å²) in [7, 11) is 1.83. The summed E-state index contributed by atoms with van der Waals surface area (Å²) in [6, 6.07) is 15.0. The average molecular weight is 420 g/mol. The molecule has 0 saturated heterocycles. The third-order valence-electron chi connectivity index (χ3n) is 5.85. The zero-order valence-electron chi connectivity index (χ0n) is 19.1. The number of aryl methyl sites for hydroxylation is 1. The van der Waals surface area contributed by atoms with Crippen molar-refractivity contribution in [3.63, 3.8) is 0 Å². The molecule has 1 amide bonds. The van der Waals surface area contributed by atoms with E-state index in [0.29, 0.717) is 29.6 Å².